The van der Waals surface area contributed by atoms with Gasteiger partial charge in [-0.2, -0.15) is 0 Å². The van der Waals surface area contributed by atoms with Crippen molar-refractivity contribution in [2.75, 3.05) is 31.5 Å². The van der Waals surface area contributed by atoms with E-state index in [1.807, 2.05) is 13.8 Å². The molecule has 1 fully saturated rings. The molecule has 1 aliphatic rings. The topological polar surface area (TPSA) is 41.1 Å². The first-order valence-electron chi connectivity index (χ1n) is 7.03. The van der Waals surface area contributed by atoms with E-state index in [2.05, 4.69) is 27.1 Å². The van der Waals surface area contributed by atoms with E-state index in [1.54, 1.807) is 0 Å². The molecule has 0 bridgehead atoms. The summed E-state index contributed by atoms with van der Waals surface area (Å²) in [7, 11) is 0. The van der Waals surface area contributed by atoms with Crippen LogP contribution in [0.2, 0.25) is 5.15 Å². The van der Waals surface area contributed by atoms with Crippen molar-refractivity contribution in [1.29, 1.82) is 0 Å². The van der Waals surface area contributed by atoms with Gasteiger partial charge in [-0.15, -0.1) is 0 Å². The summed E-state index contributed by atoms with van der Waals surface area (Å²) in [6, 6.07) is 0. The molecule has 1 unspecified atom stereocenters. The molecule has 1 aromatic rings. The summed E-state index contributed by atoms with van der Waals surface area (Å²) < 4.78 is 0. The minimum Gasteiger partial charge on any atom is -0.369 e. The monoisotopic (exact) mass is 282 g/mol. The quantitative estimate of drug-likeness (QED) is 0.843. The number of nitrogens with zero attached hydrogens (tertiary/aromatic N) is 3. The van der Waals surface area contributed by atoms with Gasteiger partial charge in [0.15, 0.2) is 0 Å². The van der Waals surface area contributed by atoms with E-state index in [4.69, 9.17) is 11.6 Å². The fraction of sp³-hybridized carbons (Fsp3) is 0.714. The summed E-state index contributed by atoms with van der Waals surface area (Å²) in [4.78, 5) is 11.1. The lowest BCUT2D eigenvalue weighted by Gasteiger charge is -2.21. The molecule has 0 aliphatic carbocycles. The van der Waals surface area contributed by atoms with Gasteiger partial charge < -0.3 is 10.2 Å². The maximum Gasteiger partial charge on any atom is 0.137 e. The van der Waals surface area contributed by atoms with Crippen LogP contribution in [0, 0.1) is 19.8 Å². The Morgan fingerprint density at radius 2 is 1.95 bits per heavy atom. The molecular weight excluding hydrogens is 260 g/mol. The number of likely N-dealkylation sites (tertiary alicyclic amines) is 1. The van der Waals surface area contributed by atoms with Crippen LogP contribution >= 0.6 is 11.6 Å². The molecule has 1 saturated heterocycles. The van der Waals surface area contributed by atoms with E-state index >= 15 is 0 Å². The number of nitrogens with one attached hydrogen (secondary N) is 1. The second-order valence-corrected chi connectivity index (χ2v) is 5.89. The molecule has 0 radical (unpaired) electrons. The Morgan fingerprint density at radius 3 is 2.63 bits per heavy atom. The Labute approximate surface area is 120 Å². The minimum absolute atomic E-state index is 0.544. The zero-order valence-electron chi connectivity index (χ0n) is 12.0. The van der Waals surface area contributed by atoms with Gasteiger partial charge in [-0.3, -0.25) is 0 Å². The summed E-state index contributed by atoms with van der Waals surface area (Å²) in [6.45, 7) is 10.7. The molecule has 19 heavy (non-hydrogen) atoms. The molecular formula is C14H23ClN4. The average molecular weight is 283 g/mol. The maximum absolute atomic E-state index is 6.07. The van der Waals surface area contributed by atoms with E-state index in [0.29, 0.717) is 16.9 Å². The first-order chi connectivity index (χ1) is 9.06. The number of rotatable bonds is 5. The standard InChI is InChI=1S/C14H23ClN4/c1-10(9-19-6-4-5-7-19)8-16-14-11(2)13(15)17-12(3)18-14/h10H,4-9H2,1-3H3,(H,16,17,18). The van der Waals surface area contributed by atoms with Gasteiger partial charge in [0.2, 0.25) is 0 Å². The maximum atomic E-state index is 6.07. The summed E-state index contributed by atoms with van der Waals surface area (Å²) >= 11 is 6.07. The molecule has 1 aliphatic heterocycles. The molecule has 2 heterocycles. The van der Waals surface area contributed by atoms with Crippen molar-refractivity contribution in [2.45, 2.75) is 33.6 Å². The Hall–Kier alpha value is -0.870. The van der Waals surface area contributed by atoms with Gasteiger partial charge in [-0.1, -0.05) is 18.5 Å². The van der Waals surface area contributed by atoms with Crippen molar-refractivity contribution >= 4 is 17.4 Å². The third-order valence-electron chi connectivity index (χ3n) is 3.58. The lowest BCUT2D eigenvalue weighted by molar-refractivity contribution is 0.294. The van der Waals surface area contributed by atoms with Crippen molar-refractivity contribution in [3.63, 3.8) is 0 Å². The second kappa shape index (κ2) is 6.53. The highest BCUT2D eigenvalue weighted by Gasteiger charge is 2.15. The Morgan fingerprint density at radius 1 is 1.26 bits per heavy atom. The Bertz CT molecular complexity index is 430. The highest BCUT2D eigenvalue weighted by molar-refractivity contribution is 6.30. The number of anilines is 1. The zero-order chi connectivity index (χ0) is 13.8. The molecule has 4 nitrogen and oxygen atoms in total. The van der Waals surface area contributed by atoms with Gasteiger partial charge in [0.1, 0.15) is 16.8 Å². The summed E-state index contributed by atoms with van der Waals surface area (Å²) in [6.07, 6.45) is 2.69. The Balaban J connectivity index is 1.87. The van der Waals surface area contributed by atoms with Crippen LogP contribution in [0.3, 0.4) is 0 Å². The van der Waals surface area contributed by atoms with Crippen LogP contribution in [0.15, 0.2) is 0 Å². The number of hydrogen-bond donors (Lipinski definition) is 1. The molecule has 1 aromatic heterocycles. The number of aromatic nitrogens is 2. The first kappa shape index (κ1) is 14.5. The van der Waals surface area contributed by atoms with E-state index in [1.165, 1.54) is 25.9 Å². The van der Waals surface area contributed by atoms with Crippen molar-refractivity contribution in [3.05, 3.63) is 16.5 Å². The number of aryl methyl sites for hydroxylation is 1. The summed E-state index contributed by atoms with van der Waals surface area (Å²) in [5.74, 6) is 2.18. The van der Waals surface area contributed by atoms with Gasteiger partial charge in [-0.25, -0.2) is 9.97 Å². The highest BCUT2D eigenvalue weighted by Crippen LogP contribution is 2.20. The first-order valence-corrected chi connectivity index (χ1v) is 7.41. The van der Waals surface area contributed by atoms with Crippen molar-refractivity contribution < 1.29 is 0 Å². The lowest BCUT2D eigenvalue weighted by Crippen LogP contribution is -2.29. The number of halogens is 1. The van der Waals surface area contributed by atoms with Gasteiger partial charge in [0.05, 0.1) is 0 Å². The van der Waals surface area contributed by atoms with E-state index in [9.17, 15) is 0 Å². The minimum atomic E-state index is 0.544. The van der Waals surface area contributed by atoms with Crippen LogP contribution < -0.4 is 5.32 Å². The number of hydrogen-bond acceptors (Lipinski definition) is 4. The van der Waals surface area contributed by atoms with Gasteiger partial charge in [0, 0.05) is 18.7 Å². The van der Waals surface area contributed by atoms with Gasteiger partial charge >= 0.3 is 0 Å². The van der Waals surface area contributed by atoms with E-state index < -0.39 is 0 Å². The lowest BCUT2D eigenvalue weighted by atomic mass is 10.1. The van der Waals surface area contributed by atoms with Crippen molar-refractivity contribution in [1.82, 2.24) is 14.9 Å². The fourth-order valence-corrected chi connectivity index (χ4v) is 2.72. The SMILES string of the molecule is Cc1nc(Cl)c(C)c(NCC(C)CN2CCCC2)n1. The van der Waals surface area contributed by atoms with Crippen LogP contribution in [0.25, 0.3) is 0 Å². The average Bonchev–Trinajstić information content (AvgIpc) is 2.84. The van der Waals surface area contributed by atoms with Gasteiger partial charge in [0.25, 0.3) is 0 Å². The molecule has 0 spiro atoms. The van der Waals surface area contributed by atoms with Crippen molar-refractivity contribution in [3.8, 4) is 0 Å². The predicted octanol–water partition coefficient (Wildman–Crippen LogP) is 2.89. The molecule has 1 N–H and O–H groups in total. The second-order valence-electron chi connectivity index (χ2n) is 5.53. The molecule has 5 heteroatoms. The van der Waals surface area contributed by atoms with Crippen molar-refractivity contribution in [2.24, 2.45) is 5.92 Å². The molecule has 0 aromatic carbocycles. The van der Waals surface area contributed by atoms with E-state index in [-0.39, 0.29) is 0 Å². The summed E-state index contributed by atoms with van der Waals surface area (Å²) in [5, 5.41) is 3.95. The van der Waals surface area contributed by atoms with Gasteiger partial charge in [-0.05, 0) is 45.7 Å². The summed E-state index contributed by atoms with van der Waals surface area (Å²) in [5.41, 5.74) is 0.931. The Kier molecular flexibility index (Phi) is 4.99. The highest BCUT2D eigenvalue weighted by atomic mass is 35.5. The van der Waals surface area contributed by atoms with Crippen LogP contribution in [0.4, 0.5) is 5.82 Å². The molecule has 106 valence electrons. The molecule has 0 amide bonds. The molecule has 0 saturated carbocycles. The third-order valence-corrected chi connectivity index (χ3v) is 3.95. The normalized spacial score (nSPS) is 17.7. The molecule has 1 atom stereocenters. The smallest absolute Gasteiger partial charge is 0.137 e. The zero-order valence-corrected chi connectivity index (χ0v) is 12.8. The predicted molar refractivity (Wildman–Crippen MR) is 79.8 cm³/mol. The van der Waals surface area contributed by atoms with Crippen LogP contribution in [-0.2, 0) is 0 Å². The fourth-order valence-electron chi connectivity index (χ4n) is 2.51. The third kappa shape index (κ3) is 4.05. The van der Waals surface area contributed by atoms with E-state index in [0.717, 1.165) is 24.5 Å². The van der Waals surface area contributed by atoms with Crippen LogP contribution in [0.1, 0.15) is 31.2 Å². The van der Waals surface area contributed by atoms with Crippen LogP contribution in [0.5, 0.6) is 0 Å². The van der Waals surface area contributed by atoms with Crippen LogP contribution in [-0.4, -0.2) is 41.0 Å². The largest absolute Gasteiger partial charge is 0.369 e. The molecule has 2 rings (SSSR count).